The summed E-state index contributed by atoms with van der Waals surface area (Å²) >= 11 is 0. The summed E-state index contributed by atoms with van der Waals surface area (Å²) in [5.41, 5.74) is 3.99. The van der Waals surface area contributed by atoms with Crippen molar-refractivity contribution in [2.24, 2.45) is 16.8 Å². The summed E-state index contributed by atoms with van der Waals surface area (Å²) in [6, 6.07) is 14.4. The summed E-state index contributed by atoms with van der Waals surface area (Å²) in [5.74, 6) is 2.36. The van der Waals surface area contributed by atoms with Gasteiger partial charge in [0.25, 0.3) is 5.91 Å². The number of piperidine rings is 1. The van der Waals surface area contributed by atoms with Crippen LogP contribution < -0.4 is 4.74 Å². The molecule has 4 heteroatoms. The molecule has 1 amide bonds. The molecular weight excluding hydrogens is 360 g/mol. The van der Waals surface area contributed by atoms with E-state index in [1.807, 2.05) is 12.1 Å². The third-order valence-electron chi connectivity index (χ3n) is 6.47. The number of amides is 1. The van der Waals surface area contributed by atoms with E-state index < -0.39 is 0 Å². The Morgan fingerprint density at radius 3 is 2.45 bits per heavy atom. The fraction of sp³-hybridized carbons (Fsp3) is 0.440. The Kier molecular flexibility index (Phi) is 5.19. The minimum absolute atomic E-state index is 0.187. The Morgan fingerprint density at radius 1 is 0.931 bits per heavy atom. The zero-order valence-electron chi connectivity index (χ0n) is 16.8. The molecule has 0 bridgehead atoms. The molecule has 2 aromatic carbocycles. The molecule has 0 aromatic heterocycles. The first kappa shape index (κ1) is 18.6. The van der Waals surface area contributed by atoms with Gasteiger partial charge in [0.05, 0.1) is 5.56 Å². The first-order chi connectivity index (χ1) is 14.2. The molecule has 29 heavy (non-hydrogen) atoms. The van der Waals surface area contributed by atoms with Crippen LogP contribution in [-0.4, -0.2) is 36.7 Å². The second kappa shape index (κ2) is 8.11. The summed E-state index contributed by atoms with van der Waals surface area (Å²) in [5, 5.41) is 0. The predicted octanol–water partition coefficient (Wildman–Crippen LogP) is 4.50. The van der Waals surface area contributed by atoms with Crippen molar-refractivity contribution in [2.45, 2.75) is 38.7 Å². The molecule has 1 saturated carbocycles. The highest BCUT2D eigenvalue weighted by atomic mass is 16.5. The number of benzene rings is 2. The van der Waals surface area contributed by atoms with Crippen molar-refractivity contribution < 1.29 is 9.53 Å². The molecule has 0 atom stereocenters. The number of carbonyl (C=O) groups is 1. The van der Waals surface area contributed by atoms with Gasteiger partial charge in [-0.1, -0.05) is 30.3 Å². The van der Waals surface area contributed by atoms with Gasteiger partial charge in [0.1, 0.15) is 12.4 Å². The number of fused-ring (bicyclic) bond motifs is 1. The summed E-state index contributed by atoms with van der Waals surface area (Å²) in [6.45, 7) is 4.39. The van der Waals surface area contributed by atoms with Crippen LogP contribution in [0.25, 0.3) is 0 Å². The Labute approximate surface area is 172 Å². The lowest BCUT2D eigenvalue weighted by Crippen LogP contribution is -2.35. The number of hydrogen-bond acceptors (Lipinski definition) is 3. The van der Waals surface area contributed by atoms with E-state index in [9.17, 15) is 4.79 Å². The van der Waals surface area contributed by atoms with Gasteiger partial charge in [0.2, 0.25) is 0 Å². The highest BCUT2D eigenvalue weighted by Gasteiger charge is 2.27. The monoisotopic (exact) mass is 388 g/mol. The fourth-order valence-corrected chi connectivity index (χ4v) is 4.49. The quantitative estimate of drug-likeness (QED) is 0.701. The van der Waals surface area contributed by atoms with Crippen molar-refractivity contribution in [1.29, 1.82) is 0 Å². The number of likely N-dealkylation sites (tertiary alicyclic amines) is 1. The first-order valence-corrected chi connectivity index (χ1v) is 10.9. The first-order valence-electron chi connectivity index (χ1n) is 10.9. The maximum absolute atomic E-state index is 11.7. The molecule has 2 aliphatic heterocycles. The van der Waals surface area contributed by atoms with E-state index in [-0.39, 0.29) is 5.91 Å². The Morgan fingerprint density at radius 2 is 1.69 bits per heavy atom. The minimum atomic E-state index is -0.187. The van der Waals surface area contributed by atoms with Gasteiger partial charge in [0.15, 0.2) is 0 Å². The molecule has 0 spiro atoms. The number of rotatable bonds is 7. The van der Waals surface area contributed by atoms with Crippen molar-refractivity contribution in [2.75, 3.05) is 19.6 Å². The molecule has 2 aromatic rings. The van der Waals surface area contributed by atoms with Crippen LogP contribution in [0.5, 0.6) is 5.75 Å². The highest BCUT2D eigenvalue weighted by Crippen LogP contribution is 2.31. The zero-order chi connectivity index (χ0) is 19.6. The number of nitrogens with zero attached hydrogens (tertiary/aromatic N) is 2. The van der Waals surface area contributed by atoms with E-state index in [1.165, 1.54) is 57.3 Å². The fourth-order valence-electron chi connectivity index (χ4n) is 4.49. The lowest BCUT2D eigenvalue weighted by molar-refractivity contribution is 0.101. The van der Waals surface area contributed by atoms with Crippen LogP contribution in [0.4, 0.5) is 0 Å². The van der Waals surface area contributed by atoms with Crippen LogP contribution in [-0.2, 0) is 13.0 Å². The SMILES string of the molecule is O=C1N=Cc2c(OCc3ccc(CC4CCN(CC5CC5)CC4)cc3)cccc21. The van der Waals surface area contributed by atoms with E-state index in [0.29, 0.717) is 12.2 Å². The average Bonchev–Trinajstić information content (AvgIpc) is 3.49. The van der Waals surface area contributed by atoms with Gasteiger partial charge in [0, 0.05) is 18.3 Å². The Hall–Kier alpha value is -2.46. The van der Waals surface area contributed by atoms with Gasteiger partial charge in [-0.2, -0.15) is 0 Å². The minimum Gasteiger partial charge on any atom is -0.488 e. The average molecular weight is 389 g/mol. The van der Waals surface area contributed by atoms with E-state index in [4.69, 9.17) is 4.74 Å². The molecule has 150 valence electrons. The van der Waals surface area contributed by atoms with Gasteiger partial charge < -0.3 is 9.64 Å². The zero-order valence-corrected chi connectivity index (χ0v) is 16.8. The van der Waals surface area contributed by atoms with Crippen LogP contribution in [0.2, 0.25) is 0 Å². The second-order valence-electron chi connectivity index (χ2n) is 8.78. The smallest absolute Gasteiger partial charge is 0.277 e. The summed E-state index contributed by atoms with van der Waals surface area (Å²) < 4.78 is 5.97. The van der Waals surface area contributed by atoms with Crippen LogP contribution in [0.3, 0.4) is 0 Å². The molecule has 1 aliphatic carbocycles. The molecule has 1 saturated heterocycles. The maximum atomic E-state index is 11.7. The Balaban J connectivity index is 1.12. The number of carbonyl (C=O) groups excluding carboxylic acids is 1. The molecule has 2 heterocycles. The van der Waals surface area contributed by atoms with E-state index in [0.717, 1.165) is 28.7 Å². The normalized spacial score (nSPS) is 19.5. The summed E-state index contributed by atoms with van der Waals surface area (Å²) in [7, 11) is 0. The predicted molar refractivity (Wildman–Crippen MR) is 115 cm³/mol. The Bertz CT molecular complexity index is 907. The molecule has 4 nitrogen and oxygen atoms in total. The van der Waals surface area contributed by atoms with Gasteiger partial charge in [-0.3, -0.25) is 4.79 Å². The van der Waals surface area contributed by atoms with Crippen molar-refractivity contribution in [3.05, 3.63) is 64.7 Å². The van der Waals surface area contributed by atoms with E-state index in [1.54, 1.807) is 12.3 Å². The molecule has 0 unspecified atom stereocenters. The molecule has 3 aliphatic rings. The van der Waals surface area contributed by atoms with Crippen LogP contribution in [0, 0.1) is 11.8 Å². The number of hydrogen-bond donors (Lipinski definition) is 0. The van der Waals surface area contributed by atoms with Crippen molar-refractivity contribution >= 4 is 12.1 Å². The van der Waals surface area contributed by atoms with Crippen molar-refractivity contribution in [3.8, 4) is 5.75 Å². The summed E-state index contributed by atoms with van der Waals surface area (Å²) in [4.78, 5) is 18.2. The van der Waals surface area contributed by atoms with Crippen molar-refractivity contribution in [3.63, 3.8) is 0 Å². The lowest BCUT2D eigenvalue weighted by Gasteiger charge is -2.32. The molecule has 0 N–H and O–H groups in total. The van der Waals surface area contributed by atoms with Crippen LogP contribution >= 0.6 is 0 Å². The third kappa shape index (κ3) is 4.43. The van der Waals surface area contributed by atoms with Crippen LogP contribution in [0.15, 0.2) is 47.5 Å². The van der Waals surface area contributed by atoms with Gasteiger partial charge in [-0.25, -0.2) is 4.99 Å². The van der Waals surface area contributed by atoms with Crippen molar-refractivity contribution in [1.82, 2.24) is 4.90 Å². The maximum Gasteiger partial charge on any atom is 0.277 e. The van der Waals surface area contributed by atoms with E-state index in [2.05, 4.69) is 34.2 Å². The largest absolute Gasteiger partial charge is 0.488 e. The number of ether oxygens (including phenoxy) is 1. The van der Waals surface area contributed by atoms with Gasteiger partial charge in [-0.05, 0) is 80.3 Å². The molecular formula is C25H28N2O2. The van der Waals surface area contributed by atoms with E-state index >= 15 is 0 Å². The molecule has 2 fully saturated rings. The molecule has 5 rings (SSSR count). The second-order valence-corrected chi connectivity index (χ2v) is 8.78. The summed E-state index contributed by atoms with van der Waals surface area (Å²) in [6.07, 6.45) is 8.35. The molecule has 0 radical (unpaired) electrons. The standard InChI is InChI=1S/C25H28N2O2/c28-25-22-2-1-3-24(23(22)15-26-25)29-17-21-8-4-18(5-9-21)14-19-10-12-27(13-11-19)16-20-6-7-20/h1-5,8-9,15,19-20H,6-7,10-14,16-17H2. The van der Waals surface area contributed by atoms with Crippen LogP contribution in [0.1, 0.15) is 52.7 Å². The van der Waals surface area contributed by atoms with Gasteiger partial charge >= 0.3 is 0 Å². The highest BCUT2D eigenvalue weighted by molar-refractivity contribution is 6.14. The van der Waals surface area contributed by atoms with Gasteiger partial charge in [-0.15, -0.1) is 0 Å². The number of aliphatic imine (C=N–C) groups is 1. The topological polar surface area (TPSA) is 41.9 Å². The lowest BCUT2D eigenvalue weighted by atomic mass is 9.90. The third-order valence-corrected chi connectivity index (χ3v) is 6.47.